The average molecular weight is 290 g/mol. The topological polar surface area (TPSA) is 20.3 Å². The van der Waals surface area contributed by atoms with Crippen LogP contribution in [0.1, 0.15) is 29.6 Å². The third kappa shape index (κ3) is 4.34. The molecule has 15 heavy (non-hydrogen) atoms. The molecular formula is C11H16BrNOS. The number of carbonyl (C=O) groups is 1. The van der Waals surface area contributed by atoms with Crippen LogP contribution in [-0.4, -0.2) is 29.7 Å². The van der Waals surface area contributed by atoms with Crippen LogP contribution >= 0.6 is 27.3 Å². The molecule has 0 unspecified atom stereocenters. The number of unbranched alkanes of at least 4 members (excludes halogenated alkanes) is 2. The highest BCUT2D eigenvalue weighted by molar-refractivity contribution is 9.09. The molecule has 0 fully saturated rings. The van der Waals surface area contributed by atoms with Crippen molar-refractivity contribution < 1.29 is 4.79 Å². The number of halogens is 1. The van der Waals surface area contributed by atoms with Crippen LogP contribution in [0.25, 0.3) is 0 Å². The number of thiophene rings is 1. The van der Waals surface area contributed by atoms with Crippen molar-refractivity contribution in [1.82, 2.24) is 4.90 Å². The van der Waals surface area contributed by atoms with Gasteiger partial charge in [-0.3, -0.25) is 4.79 Å². The fourth-order valence-corrected chi connectivity index (χ4v) is 2.35. The zero-order valence-corrected chi connectivity index (χ0v) is 11.3. The van der Waals surface area contributed by atoms with Crippen molar-refractivity contribution in [2.24, 2.45) is 0 Å². The van der Waals surface area contributed by atoms with Gasteiger partial charge in [0.25, 0.3) is 5.91 Å². The van der Waals surface area contributed by atoms with Gasteiger partial charge in [0.05, 0.1) is 5.56 Å². The Balaban J connectivity index is 2.28. The summed E-state index contributed by atoms with van der Waals surface area (Å²) in [6.45, 7) is 0.849. The molecule has 0 saturated carbocycles. The van der Waals surface area contributed by atoms with Gasteiger partial charge in [-0.2, -0.15) is 11.3 Å². The monoisotopic (exact) mass is 289 g/mol. The van der Waals surface area contributed by atoms with Gasteiger partial charge in [0.1, 0.15) is 0 Å². The van der Waals surface area contributed by atoms with Crippen LogP contribution in [-0.2, 0) is 0 Å². The van der Waals surface area contributed by atoms with Crippen LogP contribution in [0.4, 0.5) is 0 Å². The maximum Gasteiger partial charge on any atom is 0.254 e. The molecule has 0 atom stereocenters. The highest BCUT2D eigenvalue weighted by Gasteiger charge is 2.10. The van der Waals surface area contributed by atoms with E-state index in [-0.39, 0.29) is 5.91 Å². The summed E-state index contributed by atoms with van der Waals surface area (Å²) in [5.74, 6) is 0.134. The van der Waals surface area contributed by atoms with Crippen molar-refractivity contribution in [2.75, 3.05) is 18.9 Å². The zero-order chi connectivity index (χ0) is 11.1. The van der Waals surface area contributed by atoms with E-state index in [2.05, 4.69) is 15.9 Å². The maximum atomic E-state index is 11.8. The van der Waals surface area contributed by atoms with Gasteiger partial charge in [0, 0.05) is 24.3 Å². The fourth-order valence-electron chi connectivity index (χ4n) is 1.33. The van der Waals surface area contributed by atoms with Crippen molar-refractivity contribution in [2.45, 2.75) is 19.3 Å². The second-order valence-corrected chi connectivity index (χ2v) is 5.06. The molecule has 1 heterocycles. The molecule has 0 saturated heterocycles. The molecule has 84 valence electrons. The summed E-state index contributed by atoms with van der Waals surface area (Å²) in [7, 11) is 1.87. The van der Waals surface area contributed by atoms with Crippen LogP contribution in [0.15, 0.2) is 16.8 Å². The van der Waals surface area contributed by atoms with Gasteiger partial charge < -0.3 is 4.90 Å². The van der Waals surface area contributed by atoms with E-state index in [1.165, 1.54) is 12.8 Å². The first-order valence-electron chi connectivity index (χ1n) is 5.09. The summed E-state index contributed by atoms with van der Waals surface area (Å²) in [6, 6.07) is 1.88. The van der Waals surface area contributed by atoms with Crippen LogP contribution in [0, 0.1) is 0 Å². The summed E-state index contributed by atoms with van der Waals surface area (Å²) in [4.78, 5) is 13.6. The van der Waals surface area contributed by atoms with Gasteiger partial charge in [0.2, 0.25) is 0 Å². The molecule has 0 aromatic carbocycles. The minimum atomic E-state index is 0.134. The predicted octanol–water partition coefficient (Wildman–Crippen LogP) is 3.39. The lowest BCUT2D eigenvalue weighted by Gasteiger charge is -2.15. The highest BCUT2D eigenvalue weighted by Crippen LogP contribution is 2.09. The van der Waals surface area contributed by atoms with Crippen molar-refractivity contribution in [3.8, 4) is 0 Å². The Labute approximate surface area is 103 Å². The Morgan fingerprint density at radius 1 is 1.47 bits per heavy atom. The summed E-state index contributed by atoms with van der Waals surface area (Å²) in [5, 5.41) is 4.89. The van der Waals surface area contributed by atoms with Crippen molar-refractivity contribution in [3.05, 3.63) is 22.4 Å². The maximum absolute atomic E-state index is 11.8. The quantitative estimate of drug-likeness (QED) is 0.581. The van der Waals surface area contributed by atoms with Crippen LogP contribution in [0.3, 0.4) is 0 Å². The second kappa shape index (κ2) is 7.01. The lowest BCUT2D eigenvalue weighted by atomic mass is 10.2. The molecule has 1 rings (SSSR count). The SMILES string of the molecule is CN(CCCCCBr)C(=O)c1ccsc1. The molecular weight excluding hydrogens is 274 g/mol. The molecule has 0 spiro atoms. The Kier molecular flexibility index (Phi) is 5.95. The summed E-state index contributed by atoms with van der Waals surface area (Å²) in [5.41, 5.74) is 0.808. The molecule has 4 heteroatoms. The number of hydrogen-bond donors (Lipinski definition) is 0. The third-order valence-corrected chi connectivity index (χ3v) is 3.49. The molecule has 0 radical (unpaired) electrons. The lowest BCUT2D eigenvalue weighted by molar-refractivity contribution is 0.0793. The van der Waals surface area contributed by atoms with E-state index in [9.17, 15) is 4.79 Å². The van der Waals surface area contributed by atoms with Gasteiger partial charge in [-0.25, -0.2) is 0 Å². The number of hydrogen-bond acceptors (Lipinski definition) is 2. The number of nitrogens with zero attached hydrogens (tertiary/aromatic N) is 1. The Hall–Kier alpha value is -0.350. The number of alkyl halides is 1. The van der Waals surface area contributed by atoms with Crippen LogP contribution in [0.2, 0.25) is 0 Å². The fraction of sp³-hybridized carbons (Fsp3) is 0.545. The number of amides is 1. The molecule has 1 amide bonds. The molecule has 0 bridgehead atoms. The summed E-state index contributed by atoms with van der Waals surface area (Å²) in [6.07, 6.45) is 3.44. The van der Waals surface area contributed by atoms with Gasteiger partial charge in [-0.15, -0.1) is 0 Å². The summed E-state index contributed by atoms with van der Waals surface area (Å²) >= 11 is 4.96. The van der Waals surface area contributed by atoms with E-state index >= 15 is 0 Å². The minimum absolute atomic E-state index is 0.134. The Morgan fingerprint density at radius 2 is 2.27 bits per heavy atom. The van der Waals surface area contributed by atoms with Gasteiger partial charge in [-0.05, 0) is 24.3 Å². The average Bonchev–Trinajstić information content (AvgIpc) is 2.76. The largest absolute Gasteiger partial charge is 0.342 e. The van der Waals surface area contributed by atoms with E-state index in [1.807, 2.05) is 23.9 Å². The van der Waals surface area contributed by atoms with E-state index < -0.39 is 0 Å². The lowest BCUT2D eigenvalue weighted by Crippen LogP contribution is -2.27. The molecule has 1 aromatic rings. The Morgan fingerprint density at radius 3 is 2.87 bits per heavy atom. The first kappa shape index (κ1) is 12.7. The van der Waals surface area contributed by atoms with Gasteiger partial charge in [-0.1, -0.05) is 22.4 Å². The standard InChI is InChI=1S/C11H16BrNOS/c1-13(7-4-2-3-6-12)11(14)10-5-8-15-9-10/h5,8-9H,2-4,6-7H2,1H3. The van der Waals surface area contributed by atoms with Crippen molar-refractivity contribution >= 4 is 33.2 Å². The molecule has 2 nitrogen and oxygen atoms in total. The van der Waals surface area contributed by atoms with Crippen LogP contribution < -0.4 is 0 Å². The van der Waals surface area contributed by atoms with Gasteiger partial charge >= 0.3 is 0 Å². The van der Waals surface area contributed by atoms with E-state index in [1.54, 1.807) is 16.2 Å². The first-order valence-corrected chi connectivity index (χ1v) is 7.15. The van der Waals surface area contributed by atoms with E-state index in [0.29, 0.717) is 0 Å². The molecule has 0 N–H and O–H groups in total. The van der Waals surface area contributed by atoms with E-state index in [0.717, 1.165) is 23.9 Å². The second-order valence-electron chi connectivity index (χ2n) is 3.49. The van der Waals surface area contributed by atoms with Gasteiger partial charge in [0.15, 0.2) is 0 Å². The number of carbonyl (C=O) groups excluding carboxylic acids is 1. The number of rotatable bonds is 6. The smallest absolute Gasteiger partial charge is 0.254 e. The zero-order valence-electron chi connectivity index (χ0n) is 8.91. The van der Waals surface area contributed by atoms with E-state index in [4.69, 9.17) is 0 Å². The molecule has 0 aliphatic carbocycles. The molecule has 1 aromatic heterocycles. The third-order valence-electron chi connectivity index (χ3n) is 2.24. The normalized spacial score (nSPS) is 10.3. The molecule has 0 aliphatic rings. The van der Waals surface area contributed by atoms with Crippen molar-refractivity contribution in [1.29, 1.82) is 0 Å². The van der Waals surface area contributed by atoms with Crippen molar-refractivity contribution in [3.63, 3.8) is 0 Å². The predicted molar refractivity (Wildman–Crippen MR) is 68.9 cm³/mol. The first-order chi connectivity index (χ1) is 7.25. The minimum Gasteiger partial charge on any atom is -0.342 e. The van der Waals surface area contributed by atoms with Crippen LogP contribution in [0.5, 0.6) is 0 Å². The highest BCUT2D eigenvalue weighted by atomic mass is 79.9. The molecule has 0 aliphatic heterocycles. The Bertz CT molecular complexity index is 287. The summed E-state index contributed by atoms with van der Waals surface area (Å²) < 4.78 is 0.